The smallest absolute Gasteiger partial charge is 0.119 e. The summed E-state index contributed by atoms with van der Waals surface area (Å²) in [7, 11) is 1.67. The Hall–Kier alpha value is -2.00. The van der Waals surface area contributed by atoms with E-state index in [0.29, 0.717) is 12.6 Å². The Kier molecular flexibility index (Phi) is 6.28. The second-order valence-corrected chi connectivity index (χ2v) is 5.57. The van der Waals surface area contributed by atoms with Crippen molar-refractivity contribution in [2.24, 2.45) is 0 Å². The molecule has 0 heterocycles. The van der Waals surface area contributed by atoms with Crippen LogP contribution in [0, 0.1) is 0 Å². The maximum absolute atomic E-state index is 5.83. The Morgan fingerprint density at radius 2 is 1.55 bits per heavy atom. The molecule has 2 rings (SSSR count). The first-order valence-electron chi connectivity index (χ1n) is 7.74. The Labute approximate surface area is 133 Å². The monoisotopic (exact) mass is 299 g/mol. The van der Waals surface area contributed by atoms with Gasteiger partial charge in [-0.25, -0.2) is 0 Å². The van der Waals surface area contributed by atoms with Crippen LogP contribution in [0.2, 0.25) is 0 Å². The first-order valence-corrected chi connectivity index (χ1v) is 7.74. The molecule has 2 aromatic rings. The van der Waals surface area contributed by atoms with E-state index in [-0.39, 0.29) is 0 Å². The van der Waals surface area contributed by atoms with Gasteiger partial charge in [-0.15, -0.1) is 0 Å². The minimum Gasteiger partial charge on any atom is -0.497 e. The van der Waals surface area contributed by atoms with Crippen LogP contribution < -0.4 is 9.47 Å². The van der Waals surface area contributed by atoms with Gasteiger partial charge in [0.15, 0.2) is 0 Å². The van der Waals surface area contributed by atoms with E-state index in [9.17, 15) is 0 Å². The summed E-state index contributed by atoms with van der Waals surface area (Å²) in [5.74, 6) is 1.73. The van der Waals surface area contributed by atoms with Crippen LogP contribution in [-0.4, -0.2) is 31.2 Å². The van der Waals surface area contributed by atoms with Gasteiger partial charge in [-0.3, -0.25) is 4.90 Å². The predicted octanol–water partition coefficient (Wildman–Crippen LogP) is 3.98. The van der Waals surface area contributed by atoms with Crippen molar-refractivity contribution in [3.05, 3.63) is 60.2 Å². The van der Waals surface area contributed by atoms with E-state index >= 15 is 0 Å². The Bertz CT molecular complexity index is 537. The van der Waals surface area contributed by atoms with Gasteiger partial charge in [0.1, 0.15) is 18.1 Å². The Balaban J connectivity index is 1.83. The maximum atomic E-state index is 5.83. The van der Waals surface area contributed by atoms with Crippen LogP contribution in [-0.2, 0) is 6.54 Å². The van der Waals surface area contributed by atoms with Crippen molar-refractivity contribution in [1.82, 2.24) is 4.90 Å². The number of hydrogen-bond acceptors (Lipinski definition) is 3. The number of nitrogens with zero attached hydrogens (tertiary/aromatic N) is 1. The molecule has 118 valence electrons. The normalized spacial score (nSPS) is 11.0. The standard InChI is InChI=1S/C19H25NO2/c1-16(2)20(15-17-7-5-4-6-8-17)13-14-22-19-11-9-18(21-3)10-12-19/h4-12,16H,13-15H2,1-3H3. The summed E-state index contributed by atoms with van der Waals surface area (Å²) in [6.45, 7) is 6.97. The van der Waals surface area contributed by atoms with Crippen LogP contribution >= 0.6 is 0 Å². The van der Waals surface area contributed by atoms with Crippen LogP contribution in [0.1, 0.15) is 19.4 Å². The molecule has 0 aliphatic heterocycles. The molecule has 3 heteroatoms. The third kappa shape index (κ3) is 5.08. The zero-order valence-electron chi connectivity index (χ0n) is 13.7. The highest BCUT2D eigenvalue weighted by Gasteiger charge is 2.10. The molecule has 2 aromatic carbocycles. The fraction of sp³-hybridized carbons (Fsp3) is 0.368. The summed E-state index contributed by atoms with van der Waals surface area (Å²) < 4.78 is 11.0. The van der Waals surface area contributed by atoms with Crippen LogP contribution in [0.5, 0.6) is 11.5 Å². The molecule has 0 aromatic heterocycles. The number of benzene rings is 2. The molecule has 3 nitrogen and oxygen atoms in total. The molecule has 0 unspecified atom stereocenters. The maximum Gasteiger partial charge on any atom is 0.119 e. The summed E-state index contributed by atoms with van der Waals surface area (Å²) >= 11 is 0. The molecule has 0 radical (unpaired) electrons. The Morgan fingerprint density at radius 1 is 0.909 bits per heavy atom. The summed E-state index contributed by atoms with van der Waals surface area (Å²) in [5.41, 5.74) is 1.33. The molecule has 0 bridgehead atoms. The van der Waals surface area contributed by atoms with E-state index in [1.54, 1.807) is 7.11 Å². The van der Waals surface area contributed by atoms with E-state index in [1.165, 1.54) is 5.56 Å². The number of ether oxygens (including phenoxy) is 2. The van der Waals surface area contributed by atoms with Crippen molar-refractivity contribution in [3.8, 4) is 11.5 Å². The molecule has 0 atom stereocenters. The highest BCUT2D eigenvalue weighted by atomic mass is 16.5. The third-order valence-electron chi connectivity index (χ3n) is 3.67. The van der Waals surface area contributed by atoms with Crippen molar-refractivity contribution in [1.29, 1.82) is 0 Å². The first kappa shape index (κ1) is 16.4. The van der Waals surface area contributed by atoms with Gasteiger partial charge in [0.05, 0.1) is 7.11 Å². The summed E-state index contributed by atoms with van der Waals surface area (Å²) in [6, 6.07) is 18.8. The number of methoxy groups -OCH3 is 1. The molecule has 0 saturated heterocycles. The molecule has 0 N–H and O–H groups in total. The fourth-order valence-corrected chi connectivity index (χ4v) is 2.29. The van der Waals surface area contributed by atoms with E-state index < -0.39 is 0 Å². The predicted molar refractivity (Wildman–Crippen MR) is 90.5 cm³/mol. The molecule has 0 fully saturated rings. The van der Waals surface area contributed by atoms with Crippen molar-refractivity contribution < 1.29 is 9.47 Å². The molecule has 0 aliphatic rings. The fourth-order valence-electron chi connectivity index (χ4n) is 2.29. The summed E-state index contributed by atoms with van der Waals surface area (Å²) in [5, 5.41) is 0. The van der Waals surface area contributed by atoms with Gasteiger partial charge in [0.25, 0.3) is 0 Å². The quantitative estimate of drug-likeness (QED) is 0.736. The topological polar surface area (TPSA) is 21.7 Å². The Morgan fingerprint density at radius 3 is 2.14 bits per heavy atom. The summed E-state index contributed by atoms with van der Waals surface area (Å²) in [4.78, 5) is 2.42. The highest BCUT2D eigenvalue weighted by molar-refractivity contribution is 5.31. The lowest BCUT2D eigenvalue weighted by Gasteiger charge is -2.26. The van der Waals surface area contributed by atoms with Crippen LogP contribution in [0.25, 0.3) is 0 Å². The second kappa shape index (κ2) is 8.44. The lowest BCUT2D eigenvalue weighted by atomic mass is 10.2. The van der Waals surface area contributed by atoms with Gasteiger partial charge in [0.2, 0.25) is 0 Å². The van der Waals surface area contributed by atoms with E-state index in [4.69, 9.17) is 9.47 Å². The number of rotatable bonds is 8. The zero-order chi connectivity index (χ0) is 15.8. The third-order valence-corrected chi connectivity index (χ3v) is 3.67. The van der Waals surface area contributed by atoms with E-state index in [1.807, 2.05) is 24.3 Å². The van der Waals surface area contributed by atoms with E-state index in [2.05, 4.69) is 49.1 Å². The van der Waals surface area contributed by atoms with E-state index in [0.717, 1.165) is 24.6 Å². The molecule has 0 saturated carbocycles. The lowest BCUT2D eigenvalue weighted by molar-refractivity contribution is 0.169. The second-order valence-electron chi connectivity index (χ2n) is 5.57. The molecular weight excluding hydrogens is 274 g/mol. The molecule has 0 amide bonds. The molecule has 22 heavy (non-hydrogen) atoms. The highest BCUT2D eigenvalue weighted by Crippen LogP contribution is 2.17. The van der Waals surface area contributed by atoms with Gasteiger partial charge < -0.3 is 9.47 Å². The lowest BCUT2D eigenvalue weighted by Crippen LogP contribution is -2.34. The largest absolute Gasteiger partial charge is 0.497 e. The average molecular weight is 299 g/mol. The minimum absolute atomic E-state index is 0.486. The van der Waals surface area contributed by atoms with Crippen LogP contribution in [0.15, 0.2) is 54.6 Å². The van der Waals surface area contributed by atoms with Crippen LogP contribution in [0.4, 0.5) is 0 Å². The number of hydrogen-bond donors (Lipinski definition) is 0. The first-order chi connectivity index (χ1) is 10.7. The van der Waals surface area contributed by atoms with Gasteiger partial charge in [-0.2, -0.15) is 0 Å². The minimum atomic E-state index is 0.486. The van der Waals surface area contributed by atoms with Gasteiger partial charge in [-0.1, -0.05) is 30.3 Å². The SMILES string of the molecule is COc1ccc(OCCN(Cc2ccccc2)C(C)C)cc1. The molecule has 0 spiro atoms. The molecule has 0 aliphatic carbocycles. The van der Waals surface area contributed by atoms with Crippen molar-refractivity contribution in [2.45, 2.75) is 26.4 Å². The molecular formula is C19H25NO2. The van der Waals surface area contributed by atoms with Gasteiger partial charge in [0, 0.05) is 19.1 Å². The average Bonchev–Trinajstić information content (AvgIpc) is 2.55. The van der Waals surface area contributed by atoms with Gasteiger partial charge >= 0.3 is 0 Å². The van der Waals surface area contributed by atoms with Crippen LogP contribution in [0.3, 0.4) is 0 Å². The zero-order valence-corrected chi connectivity index (χ0v) is 13.7. The van der Waals surface area contributed by atoms with Crippen molar-refractivity contribution >= 4 is 0 Å². The van der Waals surface area contributed by atoms with Gasteiger partial charge in [-0.05, 0) is 43.7 Å². The van der Waals surface area contributed by atoms with Crippen molar-refractivity contribution in [3.63, 3.8) is 0 Å². The van der Waals surface area contributed by atoms with Crippen molar-refractivity contribution in [2.75, 3.05) is 20.3 Å². The summed E-state index contributed by atoms with van der Waals surface area (Å²) in [6.07, 6.45) is 0.